The zero-order valence-corrected chi connectivity index (χ0v) is 13.5. The number of rotatable bonds is 3. The molecule has 24 heavy (non-hydrogen) atoms. The van der Waals surface area contributed by atoms with Crippen LogP contribution < -0.4 is 5.73 Å². The van der Waals surface area contributed by atoms with Gasteiger partial charge in [-0.05, 0) is 12.5 Å². The van der Waals surface area contributed by atoms with Gasteiger partial charge in [-0.25, -0.2) is 4.98 Å². The molecule has 0 saturated heterocycles. The molecule has 120 valence electrons. The Morgan fingerprint density at radius 3 is 2.88 bits per heavy atom. The van der Waals surface area contributed by atoms with E-state index < -0.39 is 0 Å². The van der Waals surface area contributed by atoms with Crippen LogP contribution >= 0.6 is 0 Å². The van der Waals surface area contributed by atoms with Crippen molar-refractivity contribution in [2.24, 2.45) is 0 Å². The maximum absolute atomic E-state index is 12.6. The summed E-state index contributed by atoms with van der Waals surface area (Å²) in [5.41, 5.74) is 11.0. The molecule has 0 radical (unpaired) electrons. The molecule has 1 aromatic carbocycles. The molecule has 5 heteroatoms. The zero-order chi connectivity index (χ0) is 16.7. The highest BCUT2D eigenvalue weighted by Gasteiger charge is 2.31. The third-order valence-electron chi connectivity index (χ3n) is 4.44. The third-order valence-corrected chi connectivity index (χ3v) is 4.44. The fourth-order valence-corrected chi connectivity index (χ4v) is 3.33. The Kier molecular flexibility index (Phi) is 3.41. The average Bonchev–Trinajstić information content (AvgIpc) is 2.92. The number of fused-ring (bicyclic) bond motifs is 2. The summed E-state index contributed by atoms with van der Waals surface area (Å²) < 4.78 is 0. The topological polar surface area (TPSA) is 72.1 Å². The zero-order valence-electron chi connectivity index (χ0n) is 13.5. The summed E-state index contributed by atoms with van der Waals surface area (Å²) in [4.78, 5) is 23.4. The summed E-state index contributed by atoms with van der Waals surface area (Å²) in [6.07, 6.45) is 4.48. The molecule has 0 aliphatic carbocycles. The Balaban J connectivity index is 1.95. The number of amides is 1. The molecule has 3 heterocycles. The van der Waals surface area contributed by atoms with Crippen molar-refractivity contribution < 1.29 is 4.79 Å². The largest absolute Gasteiger partial charge is 0.397 e. The smallest absolute Gasteiger partial charge is 0.258 e. The molecule has 0 saturated carbocycles. The van der Waals surface area contributed by atoms with Crippen LogP contribution in [0.2, 0.25) is 0 Å². The van der Waals surface area contributed by atoms with Gasteiger partial charge in [0.1, 0.15) is 0 Å². The van der Waals surface area contributed by atoms with Crippen molar-refractivity contribution in [3.05, 3.63) is 54.0 Å². The Morgan fingerprint density at radius 2 is 2.12 bits per heavy atom. The van der Waals surface area contributed by atoms with E-state index in [2.05, 4.69) is 11.9 Å². The molecular weight excluding hydrogens is 300 g/mol. The van der Waals surface area contributed by atoms with Gasteiger partial charge in [0.15, 0.2) is 0 Å². The van der Waals surface area contributed by atoms with Gasteiger partial charge in [-0.1, -0.05) is 31.2 Å². The van der Waals surface area contributed by atoms with Crippen LogP contribution in [0.5, 0.6) is 0 Å². The van der Waals surface area contributed by atoms with Gasteiger partial charge in [0.2, 0.25) is 0 Å². The number of hydrogen-bond acceptors (Lipinski definition) is 4. The maximum Gasteiger partial charge on any atom is 0.258 e. The Morgan fingerprint density at radius 1 is 1.25 bits per heavy atom. The lowest BCUT2D eigenvalue weighted by Crippen LogP contribution is -2.24. The minimum absolute atomic E-state index is 0.00877. The van der Waals surface area contributed by atoms with Crippen LogP contribution in [0.1, 0.15) is 29.4 Å². The van der Waals surface area contributed by atoms with Crippen molar-refractivity contribution in [2.75, 3.05) is 12.3 Å². The van der Waals surface area contributed by atoms with Gasteiger partial charge in [-0.2, -0.15) is 0 Å². The second-order valence-electron chi connectivity index (χ2n) is 6.02. The summed E-state index contributed by atoms with van der Waals surface area (Å²) in [5.74, 6) is -0.00877. The molecule has 2 aromatic heterocycles. The number of carbonyl (C=O) groups excluding carboxylic acids is 1. The number of pyridine rings is 2. The first-order valence-electron chi connectivity index (χ1n) is 8.11. The van der Waals surface area contributed by atoms with Gasteiger partial charge >= 0.3 is 0 Å². The summed E-state index contributed by atoms with van der Waals surface area (Å²) in [5, 5.41) is 0.821. The number of hydrogen-bond donors (Lipinski definition) is 1. The standard InChI is InChI=1S/C19H18N4O/c1-2-9-23-11-15-16(19(23)24)17(20)14-7-3-6-13(18(14)22-15)12-5-4-8-21-10-12/h3-8,10H,2,9,11H2,1H3,(H2,20,22). The highest BCUT2D eigenvalue weighted by Crippen LogP contribution is 2.36. The van der Waals surface area contributed by atoms with E-state index in [0.29, 0.717) is 17.8 Å². The molecule has 0 fully saturated rings. The van der Waals surface area contributed by atoms with Crippen molar-refractivity contribution in [1.29, 1.82) is 0 Å². The fraction of sp³-hybridized carbons (Fsp3) is 0.211. The number of aromatic nitrogens is 2. The second-order valence-corrected chi connectivity index (χ2v) is 6.02. The first kappa shape index (κ1) is 14.6. The molecule has 4 rings (SSSR count). The molecule has 0 bridgehead atoms. The molecule has 1 aliphatic heterocycles. The maximum atomic E-state index is 12.6. The van der Waals surface area contributed by atoms with Crippen molar-refractivity contribution in [2.45, 2.75) is 19.9 Å². The first-order valence-corrected chi connectivity index (χ1v) is 8.11. The van der Waals surface area contributed by atoms with E-state index in [0.717, 1.165) is 40.7 Å². The van der Waals surface area contributed by atoms with E-state index in [1.165, 1.54) is 0 Å². The van der Waals surface area contributed by atoms with Gasteiger partial charge in [0.05, 0.1) is 29.0 Å². The van der Waals surface area contributed by atoms with Crippen LogP contribution in [0.4, 0.5) is 5.69 Å². The fourth-order valence-electron chi connectivity index (χ4n) is 3.33. The molecule has 1 aliphatic rings. The van der Waals surface area contributed by atoms with Crippen LogP contribution in [0.3, 0.4) is 0 Å². The number of nitrogens with zero attached hydrogens (tertiary/aromatic N) is 3. The van der Waals surface area contributed by atoms with Gasteiger partial charge in [-0.15, -0.1) is 0 Å². The molecule has 3 aromatic rings. The molecule has 2 N–H and O–H groups in total. The number of nitrogen functional groups attached to an aromatic ring is 1. The highest BCUT2D eigenvalue weighted by atomic mass is 16.2. The van der Waals surface area contributed by atoms with E-state index in [4.69, 9.17) is 10.7 Å². The minimum atomic E-state index is -0.00877. The molecular formula is C19H18N4O. The average molecular weight is 318 g/mol. The van der Waals surface area contributed by atoms with Gasteiger partial charge in [0, 0.05) is 35.5 Å². The van der Waals surface area contributed by atoms with E-state index >= 15 is 0 Å². The van der Waals surface area contributed by atoms with Crippen LogP contribution in [-0.2, 0) is 6.54 Å². The number of benzene rings is 1. The number of anilines is 1. The third kappa shape index (κ3) is 2.12. The van der Waals surface area contributed by atoms with Gasteiger partial charge < -0.3 is 10.6 Å². The quantitative estimate of drug-likeness (QED) is 0.804. The van der Waals surface area contributed by atoms with Crippen molar-refractivity contribution in [1.82, 2.24) is 14.9 Å². The Labute approximate surface area is 140 Å². The van der Waals surface area contributed by atoms with Crippen LogP contribution in [-0.4, -0.2) is 27.3 Å². The van der Waals surface area contributed by atoms with Crippen molar-refractivity contribution in [3.63, 3.8) is 0 Å². The van der Waals surface area contributed by atoms with Gasteiger partial charge in [0.25, 0.3) is 5.91 Å². The second kappa shape index (κ2) is 5.60. The number of nitrogens with two attached hydrogens (primary N) is 1. The normalized spacial score (nSPS) is 13.5. The van der Waals surface area contributed by atoms with Crippen molar-refractivity contribution >= 4 is 22.5 Å². The lowest BCUT2D eigenvalue weighted by molar-refractivity contribution is 0.0779. The summed E-state index contributed by atoms with van der Waals surface area (Å²) >= 11 is 0. The minimum Gasteiger partial charge on any atom is -0.397 e. The monoisotopic (exact) mass is 318 g/mol. The first-order chi connectivity index (χ1) is 11.7. The lowest BCUT2D eigenvalue weighted by atomic mass is 10.0. The van der Waals surface area contributed by atoms with Crippen LogP contribution in [0.15, 0.2) is 42.7 Å². The Bertz CT molecular complexity index is 937. The van der Waals surface area contributed by atoms with E-state index in [-0.39, 0.29) is 5.91 Å². The highest BCUT2D eigenvalue weighted by molar-refractivity contribution is 6.11. The van der Waals surface area contributed by atoms with Crippen LogP contribution in [0, 0.1) is 0 Å². The predicted molar refractivity (Wildman–Crippen MR) is 94.4 cm³/mol. The summed E-state index contributed by atoms with van der Waals surface area (Å²) in [6, 6.07) is 9.78. The van der Waals surface area contributed by atoms with E-state index in [1.807, 2.05) is 41.4 Å². The molecule has 5 nitrogen and oxygen atoms in total. The SMILES string of the molecule is CCCN1Cc2nc3c(-c4cccnc4)cccc3c(N)c2C1=O. The summed E-state index contributed by atoms with van der Waals surface area (Å²) in [6.45, 7) is 3.31. The summed E-state index contributed by atoms with van der Waals surface area (Å²) in [7, 11) is 0. The molecule has 0 atom stereocenters. The van der Waals surface area contributed by atoms with Crippen LogP contribution in [0.25, 0.3) is 22.0 Å². The molecule has 1 amide bonds. The van der Waals surface area contributed by atoms with E-state index in [9.17, 15) is 4.79 Å². The Hall–Kier alpha value is -2.95. The van der Waals surface area contributed by atoms with Gasteiger partial charge in [-0.3, -0.25) is 9.78 Å². The van der Waals surface area contributed by atoms with E-state index in [1.54, 1.807) is 6.20 Å². The predicted octanol–water partition coefficient (Wildman–Crippen LogP) is 3.24. The molecule has 0 spiro atoms. The lowest BCUT2D eigenvalue weighted by Gasteiger charge is -2.13. The van der Waals surface area contributed by atoms with Crippen molar-refractivity contribution in [3.8, 4) is 11.1 Å². The number of para-hydroxylation sites is 1. The number of carbonyl (C=O) groups is 1. The molecule has 0 unspecified atom stereocenters.